The highest BCUT2D eigenvalue weighted by atomic mass is 16.1. The Labute approximate surface area is 167 Å². The van der Waals surface area contributed by atoms with E-state index < -0.39 is 0 Å². The molecule has 0 saturated carbocycles. The molecule has 3 heteroatoms. The highest BCUT2D eigenvalue weighted by molar-refractivity contribution is 5.90. The molecular formula is C24H42N2O. The Balaban J connectivity index is 1.87. The van der Waals surface area contributed by atoms with Crippen LogP contribution in [0.5, 0.6) is 0 Å². The van der Waals surface area contributed by atoms with Gasteiger partial charge in [-0.3, -0.25) is 4.79 Å². The standard InChI is InChI=1S/C24H42N2O/c1-2-3-4-5-6-7-8-9-10-11-12-14-17-22(25)20-21-24(27)26-23-18-15-13-16-19-23/h13,15-16,18-19,22H,2-12,14,17,20-21,25H2,1H3,(H,26,27). The molecule has 0 fully saturated rings. The van der Waals surface area contributed by atoms with Crippen molar-refractivity contribution >= 4 is 11.6 Å². The van der Waals surface area contributed by atoms with Crippen LogP contribution in [0.2, 0.25) is 0 Å². The molecule has 154 valence electrons. The van der Waals surface area contributed by atoms with Gasteiger partial charge in [-0.15, -0.1) is 0 Å². The van der Waals surface area contributed by atoms with Crippen molar-refractivity contribution in [2.24, 2.45) is 5.73 Å². The van der Waals surface area contributed by atoms with Crippen LogP contribution in [0, 0.1) is 0 Å². The van der Waals surface area contributed by atoms with Crippen LogP contribution in [0.25, 0.3) is 0 Å². The molecule has 1 unspecified atom stereocenters. The third kappa shape index (κ3) is 14.4. The number of nitrogens with one attached hydrogen (secondary N) is 1. The average molecular weight is 375 g/mol. The van der Waals surface area contributed by atoms with Gasteiger partial charge in [0.15, 0.2) is 0 Å². The quantitative estimate of drug-likeness (QED) is 0.294. The monoisotopic (exact) mass is 374 g/mol. The van der Waals surface area contributed by atoms with Crippen molar-refractivity contribution < 1.29 is 4.79 Å². The average Bonchev–Trinajstić information content (AvgIpc) is 2.68. The van der Waals surface area contributed by atoms with E-state index in [-0.39, 0.29) is 11.9 Å². The number of nitrogens with two attached hydrogens (primary N) is 1. The van der Waals surface area contributed by atoms with E-state index in [4.69, 9.17) is 5.73 Å². The molecule has 0 heterocycles. The number of amides is 1. The van der Waals surface area contributed by atoms with Gasteiger partial charge in [-0.1, -0.05) is 102 Å². The second-order valence-electron chi connectivity index (χ2n) is 7.89. The molecule has 0 saturated heterocycles. The molecule has 0 bridgehead atoms. The minimum Gasteiger partial charge on any atom is -0.328 e. The van der Waals surface area contributed by atoms with Gasteiger partial charge in [0.05, 0.1) is 0 Å². The van der Waals surface area contributed by atoms with E-state index in [0.717, 1.165) is 18.5 Å². The van der Waals surface area contributed by atoms with E-state index in [9.17, 15) is 4.79 Å². The minimum atomic E-state index is 0.0614. The fourth-order valence-corrected chi connectivity index (χ4v) is 3.45. The number of benzene rings is 1. The zero-order valence-corrected chi connectivity index (χ0v) is 17.6. The molecule has 1 rings (SSSR count). The largest absolute Gasteiger partial charge is 0.328 e. The lowest BCUT2D eigenvalue weighted by molar-refractivity contribution is -0.116. The van der Waals surface area contributed by atoms with E-state index in [1.807, 2.05) is 30.3 Å². The summed E-state index contributed by atoms with van der Waals surface area (Å²) in [6, 6.07) is 9.76. The predicted octanol–water partition coefficient (Wildman–Crippen LogP) is 6.82. The van der Waals surface area contributed by atoms with Crippen molar-refractivity contribution in [3.8, 4) is 0 Å². The first-order valence-corrected chi connectivity index (χ1v) is 11.3. The van der Waals surface area contributed by atoms with Crippen molar-refractivity contribution in [2.75, 3.05) is 5.32 Å². The van der Waals surface area contributed by atoms with E-state index in [2.05, 4.69) is 12.2 Å². The second-order valence-corrected chi connectivity index (χ2v) is 7.89. The summed E-state index contributed by atoms with van der Waals surface area (Å²) >= 11 is 0. The molecule has 3 nitrogen and oxygen atoms in total. The molecule has 1 amide bonds. The molecule has 27 heavy (non-hydrogen) atoms. The Kier molecular flexibility index (Phi) is 14.7. The molecular weight excluding hydrogens is 332 g/mol. The lowest BCUT2D eigenvalue weighted by atomic mass is 10.0. The van der Waals surface area contributed by atoms with Crippen LogP contribution in [0.15, 0.2) is 30.3 Å². The Bertz CT molecular complexity index is 461. The molecule has 0 aromatic heterocycles. The van der Waals surface area contributed by atoms with Crippen LogP contribution in [0.1, 0.15) is 103 Å². The van der Waals surface area contributed by atoms with E-state index in [1.54, 1.807) is 0 Å². The Hall–Kier alpha value is -1.35. The molecule has 1 aromatic rings. The molecule has 1 aromatic carbocycles. The van der Waals surface area contributed by atoms with Crippen LogP contribution >= 0.6 is 0 Å². The summed E-state index contributed by atoms with van der Waals surface area (Å²) in [5, 5.41) is 2.92. The molecule has 1 atom stereocenters. The lowest BCUT2D eigenvalue weighted by Crippen LogP contribution is -2.22. The molecule has 3 N–H and O–H groups in total. The third-order valence-corrected chi connectivity index (χ3v) is 5.23. The van der Waals surface area contributed by atoms with Crippen LogP contribution in [-0.2, 0) is 4.79 Å². The highest BCUT2D eigenvalue weighted by Gasteiger charge is 2.07. The Morgan fingerprint density at radius 1 is 0.815 bits per heavy atom. The topological polar surface area (TPSA) is 55.1 Å². The van der Waals surface area contributed by atoms with Gasteiger partial charge in [-0.2, -0.15) is 0 Å². The summed E-state index contributed by atoms with van der Waals surface area (Å²) in [5.74, 6) is 0.0614. The number of hydrogen-bond donors (Lipinski definition) is 2. The van der Waals surface area contributed by atoms with Gasteiger partial charge < -0.3 is 11.1 Å². The molecule has 0 aliphatic heterocycles. The van der Waals surface area contributed by atoms with Crippen molar-refractivity contribution in [2.45, 2.75) is 109 Å². The predicted molar refractivity (Wildman–Crippen MR) is 118 cm³/mol. The first-order chi connectivity index (χ1) is 13.2. The highest BCUT2D eigenvalue weighted by Crippen LogP contribution is 2.14. The van der Waals surface area contributed by atoms with Crippen LogP contribution < -0.4 is 11.1 Å². The minimum absolute atomic E-state index is 0.0614. The van der Waals surface area contributed by atoms with Gasteiger partial charge in [-0.05, 0) is 25.0 Å². The summed E-state index contributed by atoms with van der Waals surface area (Å²) in [6.07, 6.45) is 18.7. The summed E-state index contributed by atoms with van der Waals surface area (Å²) in [6.45, 7) is 2.27. The van der Waals surface area contributed by atoms with Crippen molar-refractivity contribution in [1.82, 2.24) is 0 Å². The number of unbranched alkanes of at least 4 members (excludes halogenated alkanes) is 11. The van der Waals surface area contributed by atoms with Crippen molar-refractivity contribution in [1.29, 1.82) is 0 Å². The smallest absolute Gasteiger partial charge is 0.224 e. The van der Waals surface area contributed by atoms with Gasteiger partial charge in [0.25, 0.3) is 0 Å². The number of anilines is 1. The maximum Gasteiger partial charge on any atom is 0.224 e. The van der Waals surface area contributed by atoms with Gasteiger partial charge in [0, 0.05) is 18.2 Å². The fraction of sp³-hybridized carbons (Fsp3) is 0.708. The summed E-state index contributed by atoms with van der Waals surface area (Å²) in [5.41, 5.74) is 7.02. The molecule has 0 spiro atoms. The van der Waals surface area contributed by atoms with E-state index in [1.165, 1.54) is 77.0 Å². The number of rotatable bonds is 17. The maximum atomic E-state index is 11.9. The van der Waals surface area contributed by atoms with E-state index in [0.29, 0.717) is 6.42 Å². The Morgan fingerprint density at radius 2 is 1.33 bits per heavy atom. The Morgan fingerprint density at radius 3 is 1.89 bits per heavy atom. The number of para-hydroxylation sites is 1. The van der Waals surface area contributed by atoms with Crippen molar-refractivity contribution in [3.05, 3.63) is 30.3 Å². The second kappa shape index (κ2) is 16.8. The van der Waals surface area contributed by atoms with Crippen LogP contribution in [0.4, 0.5) is 5.69 Å². The molecule has 0 aliphatic rings. The van der Waals surface area contributed by atoms with Gasteiger partial charge in [0.1, 0.15) is 0 Å². The summed E-state index contributed by atoms with van der Waals surface area (Å²) in [4.78, 5) is 11.9. The van der Waals surface area contributed by atoms with Gasteiger partial charge in [-0.25, -0.2) is 0 Å². The first-order valence-electron chi connectivity index (χ1n) is 11.3. The lowest BCUT2D eigenvalue weighted by Gasteiger charge is -2.11. The van der Waals surface area contributed by atoms with Crippen LogP contribution in [0.3, 0.4) is 0 Å². The van der Waals surface area contributed by atoms with Gasteiger partial charge >= 0.3 is 0 Å². The zero-order valence-electron chi connectivity index (χ0n) is 17.6. The van der Waals surface area contributed by atoms with Crippen molar-refractivity contribution in [3.63, 3.8) is 0 Å². The number of hydrogen-bond acceptors (Lipinski definition) is 2. The fourth-order valence-electron chi connectivity index (χ4n) is 3.45. The van der Waals surface area contributed by atoms with E-state index >= 15 is 0 Å². The summed E-state index contributed by atoms with van der Waals surface area (Å²) in [7, 11) is 0. The normalized spacial score (nSPS) is 12.1. The third-order valence-electron chi connectivity index (χ3n) is 5.23. The maximum absolute atomic E-state index is 11.9. The zero-order chi connectivity index (χ0) is 19.6. The molecule has 0 aliphatic carbocycles. The number of carbonyl (C=O) groups is 1. The SMILES string of the molecule is CCCCCCCCCCCCCCC(N)CCC(=O)Nc1ccccc1. The van der Waals surface area contributed by atoms with Crippen LogP contribution in [-0.4, -0.2) is 11.9 Å². The molecule has 0 radical (unpaired) electrons. The number of carbonyl (C=O) groups excluding carboxylic acids is 1. The first kappa shape index (κ1) is 23.7. The summed E-state index contributed by atoms with van der Waals surface area (Å²) < 4.78 is 0. The van der Waals surface area contributed by atoms with Gasteiger partial charge in [0.2, 0.25) is 5.91 Å².